The number of benzene rings is 8. The number of rotatable bonds is 7. The van der Waals surface area contributed by atoms with Crippen molar-refractivity contribution in [2.75, 3.05) is 0 Å². The fourth-order valence-electron chi connectivity index (χ4n) is 14.5. The zero-order chi connectivity index (χ0) is 64.1. The van der Waals surface area contributed by atoms with Gasteiger partial charge in [-0.2, -0.15) is 0 Å². The van der Waals surface area contributed by atoms with E-state index >= 15 is 0 Å². The molecule has 2 heterocycles. The normalized spacial score (nSPS) is 16.8. The molecule has 2 atom stereocenters. The van der Waals surface area contributed by atoms with Crippen molar-refractivity contribution in [2.45, 2.75) is 202 Å². The van der Waals surface area contributed by atoms with E-state index in [0.717, 1.165) is 79.4 Å². The number of pyridine rings is 1. The quantitative estimate of drug-likeness (QED) is 0.118. The Hall–Kier alpha value is -6.97. The van der Waals surface area contributed by atoms with Crippen molar-refractivity contribution in [1.29, 1.82) is 0 Å². The fraction of sp³-hybridized carbons (Fsp3) is 0.372. The van der Waals surface area contributed by atoms with Crippen LogP contribution in [0.15, 0.2) is 169 Å². The summed E-state index contributed by atoms with van der Waals surface area (Å²) in [5.41, 5.74) is 26.2. The minimum atomic E-state index is -0.151. The van der Waals surface area contributed by atoms with Gasteiger partial charge in [0.1, 0.15) is 0 Å². The first-order valence-corrected chi connectivity index (χ1v) is 32.8. The van der Waals surface area contributed by atoms with E-state index in [0.29, 0.717) is 5.65 Å². The third-order valence-electron chi connectivity index (χ3n) is 20.9. The van der Waals surface area contributed by atoms with Gasteiger partial charge in [0.15, 0.2) is 0 Å². The van der Waals surface area contributed by atoms with Crippen molar-refractivity contribution in [3.63, 3.8) is 0 Å². The first kappa shape index (κ1) is 64.6. The molecule has 12 rings (SSSR count). The van der Waals surface area contributed by atoms with Gasteiger partial charge < -0.3 is 4.40 Å². The number of nitrogens with zero attached hydrogens (tertiary/aromatic N) is 2. The Morgan fingerprint density at radius 2 is 0.744 bits per heavy atom. The molecule has 465 valence electrons. The summed E-state index contributed by atoms with van der Waals surface area (Å²) in [7, 11) is 0. The maximum atomic E-state index is 14.5. The maximum absolute atomic E-state index is 14.5. The molecular weight excluding hydrogens is 1270 g/mol. The molecule has 1 fully saturated rings. The SMILES string of the molecule is CC(C)(C)c1ccc(-c2cc(-c3ccc(C(C)(C)C)cc3)cc(-c3cc(-c4cc(-c5cc(C(C)(C)C)cc(C(C)(C)C)c5)cc(-c5cc(C(C)(C)C)cc(C(C)(C)C)c5)c4)cc(-c4cc[c-]c5c4ccn4c6c(c(=O)nc54)C4CCC6(C)C4(C)C)c3)c2)cc1.[Ir]. The van der Waals surface area contributed by atoms with Gasteiger partial charge in [-0.25, -0.2) is 4.98 Å². The van der Waals surface area contributed by atoms with Gasteiger partial charge >= 0.3 is 0 Å². The number of aromatic nitrogens is 2. The van der Waals surface area contributed by atoms with E-state index in [1.54, 1.807) is 0 Å². The van der Waals surface area contributed by atoms with E-state index in [4.69, 9.17) is 4.98 Å². The molecule has 2 bridgehead atoms. The molecule has 0 aliphatic heterocycles. The van der Waals surface area contributed by atoms with Crippen molar-refractivity contribution >= 4 is 16.4 Å². The van der Waals surface area contributed by atoms with Crippen LogP contribution in [0.2, 0.25) is 0 Å². The number of hydrogen-bond acceptors (Lipinski definition) is 2. The Labute approximate surface area is 552 Å². The summed E-state index contributed by atoms with van der Waals surface area (Å²) in [6.45, 7) is 48.8. The summed E-state index contributed by atoms with van der Waals surface area (Å²) < 4.78 is 2.25. The molecule has 2 aliphatic rings. The Morgan fingerprint density at radius 3 is 1.10 bits per heavy atom. The maximum Gasteiger partial charge on any atom is 0.267 e. The summed E-state index contributed by atoms with van der Waals surface area (Å²) in [4.78, 5) is 19.5. The van der Waals surface area contributed by atoms with Crippen LogP contribution in [0.5, 0.6) is 0 Å². The van der Waals surface area contributed by atoms with Crippen LogP contribution in [0, 0.1) is 11.5 Å². The summed E-state index contributed by atoms with van der Waals surface area (Å²) in [6.07, 6.45) is 4.27. The van der Waals surface area contributed by atoms with Crippen LogP contribution < -0.4 is 5.56 Å². The average Bonchev–Trinajstić information content (AvgIpc) is 1.51. The van der Waals surface area contributed by atoms with Crippen molar-refractivity contribution in [3.05, 3.63) is 225 Å². The van der Waals surface area contributed by atoms with Gasteiger partial charge in [0.2, 0.25) is 0 Å². The first-order valence-electron chi connectivity index (χ1n) is 32.8. The molecule has 8 aromatic carbocycles. The van der Waals surface area contributed by atoms with E-state index < -0.39 is 0 Å². The van der Waals surface area contributed by atoms with Crippen molar-refractivity contribution in [1.82, 2.24) is 9.38 Å². The van der Waals surface area contributed by atoms with E-state index in [1.807, 2.05) is 6.07 Å². The van der Waals surface area contributed by atoms with Gasteiger partial charge in [-0.1, -0.05) is 247 Å². The summed E-state index contributed by atoms with van der Waals surface area (Å²) in [5, 5.41) is 1.87. The van der Waals surface area contributed by atoms with Gasteiger partial charge in [-0.05, 0) is 223 Å². The predicted octanol–water partition coefficient (Wildman–Crippen LogP) is 23.3. The molecule has 10 aromatic rings. The van der Waals surface area contributed by atoms with Gasteiger partial charge in [-0.15, -0.1) is 23.6 Å². The molecular formula is C86H95IrN2O-. The van der Waals surface area contributed by atoms with Gasteiger partial charge in [0.05, 0.1) is 5.65 Å². The van der Waals surface area contributed by atoms with Crippen LogP contribution in [0.4, 0.5) is 0 Å². The Morgan fingerprint density at radius 1 is 0.411 bits per heavy atom. The van der Waals surface area contributed by atoms with Crippen LogP contribution >= 0.6 is 0 Å². The number of fused-ring (bicyclic) bond motifs is 9. The van der Waals surface area contributed by atoms with E-state index in [-0.39, 0.29) is 74.9 Å². The second kappa shape index (κ2) is 22.1. The van der Waals surface area contributed by atoms with Gasteiger partial charge in [-0.3, -0.25) is 4.79 Å². The predicted molar refractivity (Wildman–Crippen MR) is 381 cm³/mol. The topological polar surface area (TPSA) is 34.4 Å². The molecule has 3 nitrogen and oxygen atoms in total. The minimum Gasteiger partial charge on any atom is -0.345 e. The molecule has 0 spiro atoms. The van der Waals surface area contributed by atoms with Crippen LogP contribution in [0.3, 0.4) is 0 Å². The Bertz CT molecular complexity index is 4290. The second-order valence-corrected chi connectivity index (χ2v) is 33.7. The Kier molecular flexibility index (Phi) is 15.9. The van der Waals surface area contributed by atoms with E-state index in [1.165, 1.54) is 66.8 Å². The summed E-state index contributed by atoms with van der Waals surface area (Å²) in [5.74, 6) is 0.196. The minimum absolute atomic E-state index is 0. The molecule has 2 aliphatic carbocycles. The molecule has 2 aromatic heterocycles. The summed E-state index contributed by atoms with van der Waals surface area (Å²) in [6, 6.07) is 65.0. The first-order chi connectivity index (χ1) is 41.4. The molecule has 4 heteroatoms. The van der Waals surface area contributed by atoms with Crippen LogP contribution in [0.1, 0.15) is 209 Å². The van der Waals surface area contributed by atoms with Crippen LogP contribution in [0.25, 0.3) is 94.3 Å². The Balaban J connectivity index is 0.00000833. The third kappa shape index (κ3) is 11.7. The standard InChI is InChI=1S/C86H95N2O.Ir/c1-79(2,3)65-29-25-52(26-30-65)54-37-55(53-27-31-66(32-28-53)80(4,5)6)39-56(38-54)60-43-61(45-64(44-60)71-23-22-24-73-72(71)34-36-88-76-75(78(89)87-77(73)88)74-33-35-86(76,21)85(74,19)20)57-40-58(62-46-67(81(7,8)9)50-68(47-62)82(10,11)12)42-59(41-57)63-48-69(83(13,14)15)51-70(49-63)84(16,17)18;/h22-23,25-32,34,36-51,74H,33,35H2,1-21H3;/q-1;. The molecule has 2 unspecified atom stereocenters. The molecule has 0 saturated heterocycles. The van der Waals surface area contributed by atoms with Crippen molar-refractivity contribution < 1.29 is 20.1 Å². The van der Waals surface area contributed by atoms with E-state index in [9.17, 15) is 4.79 Å². The van der Waals surface area contributed by atoms with Crippen LogP contribution in [-0.4, -0.2) is 9.38 Å². The van der Waals surface area contributed by atoms with Crippen molar-refractivity contribution in [2.24, 2.45) is 5.41 Å². The largest absolute Gasteiger partial charge is 0.345 e. The molecule has 1 radical (unpaired) electrons. The molecule has 0 amide bonds. The number of hydrogen-bond donors (Lipinski definition) is 0. The van der Waals surface area contributed by atoms with Gasteiger partial charge in [0, 0.05) is 36.8 Å². The molecule has 90 heavy (non-hydrogen) atoms. The van der Waals surface area contributed by atoms with E-state index in [2.05, 4.69) is 314 Å². The third-order valence-corrected chi connectivity index (χ3v) is 20.9. The zero-order valence-electron chi connectivity index (χ0n) is 57.7. The smallest absolute Gasteiger partial charge is 0.267 e. The van der Waals surface area contributed by atoms with Gasteiger partial charge in [0.25, 0.3) is 5.56 Å². The fourth-order valence-corrected chi connectivity index (χ4v) is 14.5. The average molecular weight is 1360 g/mol. The zero-order valence-corrected chi connectivity index (χ0v) is 60.1. The monoisotopic (exact) mass is 1360 g/mol. The van der Waals surface area contributed by atoms with Crippen molar-refractivity contribution in [3.8, 4) is 77.9 Å². The second-order valence-electron chi connectivity index (χ2n) is 33.7. The van der Waals surface area contributed by atoms with Crippen LogP contribution in [-0.2, 0) is 58.0 Å². The summed E-state index contributed by atoms with van der Waals surface area (Å²) >= 11 is 0. The molecule has 0 N–H and O–H groups in total. The molecule has 1 saturated carbocycles.